The van der Waals surface area contributed by atoms with Crippen LogP contribution in [-0.4, -0.2) is 63.4 Å². The van der Waals surface area contributed by atoms with Crippen LogP contribution in [0, 0.1) is 0 Å². The zero-order valence-corrected chi connectivity index (χ0v) is 15.7. The lowest BCUT2D eigenvalue weighted by molar-refractivity contribution is -0.164. The topological polar surface area (TPSA) is 107 Å². The lowest BCUT2D eigenvalue weighted by Gasteiger charge is -2.43. The lowest BCUT2D eigenvalue weighted by atomic mass is 9.86. The van der Waals surface area contributed by atoms with Crippen LogP contribution in [0.25, 0.3) is 0 Å². The first-order chi connectivity index (χ1) is 12.5. The summed E-state index contributed by atoms with van der Waals surface area (Å²) in [5.74, 6) is -2.58. The van der Waals surface area contributed by atoms with E-state index in [4.69, 9.17) is 0 Å². The maximum Gasteiger partial charge on any atom is 0.347 e. The van der Waals surface area contributed by atoms with E-state index >= 15 is 0 Å². The van der Waals surface area contributed by atoms with Crippen molar-refractivity contribution < 1.29 is 24.3 Å². The normalized spacial score (nSPS) is 24.3. The van der Waals surface area contributed by atoms with Crippen LogP contribution in [0.3, 0.4) is 0 Å². The van der Waals surface area contributed by atoms with Gasteiger partial charge in [0.15, 0.2) is 0 Å². The van der Waals surface area contributed by atoms with Gasteiger partial charge in [0.25, 0.3) is 5.91 Å². The molecule has 3 atom stereocenters. The predicted octanol–water partition coefficient (Wildman–Crippen LogP) is 0.566. The third-order valence-electron chi connectivity index (χ3n) is 5.13. The molecule has 2 aliphatic heterocycles. The Morgan fingerprint density at radius 3 is 2.22 bits per heavy atom. The van der Waals surface area contributed by atoms with Crippen molar-refractivity contribution in [2.75, 3.05) is 6.54 Å². The first-order valence-corrected chi connectivity index (χ1v) is 8.76. The van der Waals surface area contributed by atoms with E-state index in [2.05, 4.69) is 26.1 Å². The van der Waals surface area contributed by atoms with E-state index in [0.29, 0.717) is 5.56 Å². The number of hydrogen-bond donors (Lipinski definition) is 2. The zero-order valence-electron chi connectivity index (χ0n) is 15.7. The third-order valence-corrected chi connectivity index (χ3v) is 5.13. The van der Waals surface area contributed by atoms with E-state index in [-0.39, 0.29) is 12.0 Å². The van der Waals surface area contributed by atoms with Gasteiger partial charge in [-0.15, -0.1) is 0 Å². The van der Waals surface area contributed by atoms with Gasteiger partial charge in [0.1, 0.15) is 6.04 Å². The number of carbonyl (C=O) groups is 4. The van der Waals surface area contributed by atoms with Crippen LogP contribution in [0.4, 0.5) is 0 Å². The maximum atomic E-state index is 12.5. The van der Waals surface area contributed by atoms with Crippen molar-refractivity contribution >= 4 is 23.7 Å². The van der Waals surface area contributed by atoms with Crippen molar-refractivity contribution in [1.29, 1.82) is 0 Å². The minimum absolute atomic E-state index is 0.0364. The summed E-state index contributed by atoms with van der Waals surface area (Å²) in [4.78, 5) is 50.3. The van der Waals surface area contributed by atoms with Gasteiger partial charge in [0, 0.05) is 19.0 Å². The molecule has 0 aromatic heterocycles. The molecule has 0 saturated carbocycles. The van der Waals surface area contributed by atoms with Crippen molar-refractivity contribution in [2.24, 2.45) is 0 Å². The summed E-state index contributed by atoms with van der Waals surface area (Å²) in [6, 6.07) is 5.79. The number of fused-ring (bicyclic) bond motifs is 1. The number of benzene rings is 1. The quantitative estimate of drug-likeness (QED) is 0.753. The van der Waals surface area contributed by atoms with Crippen LogP contribution in [0.15, 0.2) is 24.3 Å². The summed E-state index contributed by atoms with van der Waals surface area (Å²) in [6.07, 6.45) is -1.31. The van der Waals surface area contributed by atoms with Crippen molar-refractivity contribution in [1.82, 2.24) is 15.1 Å². The SMILES string of the molecule is CC(=O)N1CC2C(NC(=O)c3ccc(C(C)(C)C)cc3)C(=O)N2C1C(=O)O. The average molecular weight is 373 g/mol. The van der Waals surface area contributed by atoms with Gasteiger partial charge in [-0.2, -0.15) is 0 Å². The van der Waals surface area contributed by atoms with Gasteiger partial charge in [-0.25, -0.2) is 4.79 Å². The van der Waals surface area contributed by atoms with Crippen molar-refractivity contribution in [3.63, 3.8) is 0 Å². The monoisotopic (exact) mass is 373 g/mol. The zero-order chi connectivity index (χ0) is 20.1. The maximum absolute atomic E-state index is 12.5. The molecule has 1 aromatic carbocycles. The number of β-lactam (4-membered cyclic amide) rings is 1. The van der Waals surface area contributed by atoms with Crippen LogP contribution in [-0.2, 0) is 19.8 Å². The molecule has 2 saturated heterocycles. The molecule has 144 valence electrons. The van der Waals surface area contributed by atoms with E-state index in [0.717, 1.165) is 15.4 Å². The largest absolute Gasteiger partial charge is 0.478 e. The first-order valence-electron chi connectivity index (χ1n) is 8.76. The van der Waals surface area contributed by atoms with Gasteiger partial charge in [0.2, 0.25) is 18.0 Å². The Hall–Kier alpha value is -2.90. The van der Waals surface area contributed by atoms with E-state index in [9.17, 15) is 24.3 Å². The highest BCUT2D eigenvalue weighted by Gasteiger charge is 2.60. The molecule has 0 spiro atoms. The van der Waals surface area contributed by atoms with Crippen LogP contribution in [0.1, 0.15) is 43.6 Å². The molecule has 3 unspecified atom stereocenters. The molecule has 2 fully saturated rings. The minimum Gasteiger partial charge on any atom is -0.478 e. The van der Waals surface area contributed by atoms with Crippen LogP contribution < -0.4 is 5.32 Å². The fourth-order valence-electron chi connectivity index (χ4n) is 3.57. The lowest BCUT2D eigenvalue weighted by Crippen LogP contribution is -2.71. The van der Waals surface area contributed by atoms with Gasteiger partial charge in [-0.05, 0) is 23.1 Å². The number of carboxylic acid groups (broad SMARTS) is 1. The molecular weight excluding hydrogens is 350 g/mol. The number of nitrogens with one attached hydrogen (secondary N) is 1. The van der Waals surface area contributed by atoms with Gasteiger partial charge in [-0.3, -0.25) is 14.4 Å². The number of amides is 3. The second-order valence-electron chi connectivity index (χ2n) is 7.97. The Morgan fingerprint density at radius 1 is 1.15 bits per heavy atom. The fourth-order valence-corrected chi connectivity index (χ4v) is 3.57. The number of carbonyl (C=O) groups excluding carboxylic acids is 3. The predicted molar refractivity (Wildman–Crippen MR) is 95.8 cm³/mol. The van der Waals surface area contributed by atoms with Crippen molar-refractivity contribution in [3.05, 3.63) is 35.4 Å². The second kappa shape index (κ2) is 6.37. The summed E-state index contributed by atoms with van der Waals surface area (Å²) in [6.45, 7) is 7.57. The molecule has 3 rings (SSSR count). The van der Waals surface area contributed by atoms with E-state index < -0.39 is 41.9 Å². The van der Waals surface area contributed by atoms with Crippen LogP contribution >= 0.6 is 0 Å². The van der Waals surface area contributed by atoms with Crippen molar-refractivity contribution in [3.8, 4) is 0 Å². The number of hydrogen-bond acceptors (Lipinski definition) is 4. The highest BCUT2D eigenvalue weighted by Crippen LogP contribution is 2.33. The Labute approximate surface area is 157 Å². The van der Waals surface area contributed by atoms with Crippen LogP contribution in [0.2, 0.25) is 0 Å². The summed E-state index contributed by atoms with van der Waals surface area (Å²) in [5.41, 5.74) is 1.47. The van der Waals surface area contributed by atoms with Gasteiger partial charge < -0.3 is 20.2 Å². The highest BCUT2D eigenvalue weighted by molar-refractivity contribution is 6.02. The van der Waals surface area contributed by atoms with Gasteiger partial charge >= 0.3 is 5.97 Å². The van der Waals surface area contributed by atoms with E-state index in [1.807, 2.05) is 12.1 Å². The molecule has 2 heterocycles. The summed E-state index contributed by atoms with van der Waals surface area (Å²) in [7, 11) is 0. The third kappa shape index (κ3) is 3.15. The van der Waals surface area contributed by atoms with E-state index in [1.54, 1.807) is 12.1 Å². The molecule has 0 aliphatic carbocycles. The number of nitrogens with zero attached hydrogens (tertiary/aromatic N) is 2. The molecule has 1 aromatic rings. The van der Waals surface area contributed by atoms with Crippen LogP contribution in [0.5, 0.6) is 0 Å². The Balaban J connectivity index is 1.72. The molecule has 8 nitrogen and oxygen atoms in total. The minimum atomic E-state index is -1.31. The summed E-state index contributed by atoms with van der Waals surface area (Å²) >= 11 is 0. The van der Waals surface area contributed by atoms with Gasteiger partial charge in [0.05, 0.1) is 6.04 Å². The first kappa shape index (κ1) is 18.9. The van der Waals surface area contributed by atoms with E-state index in [1.165, 1.54) is 6.92 Å². The standard InChI is InChI=1S/C19H23N3O5/c1-10(23)21-9-13-14(17(25)22(13)16(21)18(26)27)20-15(24)11-5-7-12(8-6-11)19(2,3)4/h5-8,13-14,16H,9H2,1-4H3,(H,20,24)(H,26,27). The fraction of sp³-hybridized carbons (Fsp3) is 0.474. The highest BCUT2D eigenvalue weighted by atomic mass is 16.4. The molecule has 27 heavy (non-hydrogen) atoms. The van der Waals surface area contributed by atoms with Crippen molar-refractivity contribution in [2.45, 2.75) is 51.4 Å². The summed E-state index contributed by atoms with van der Waals surface area (Å²) in [5, 5.41) is 12.0. The molecule has 2 N–H and O–H groups in total. The molecular formula is C19H23N3O5. The number of rotatable bonds is 3. The average Bonchev–Trinajstić information content (AvgIpc) is 2.95. The second-order valence-corrected chi connectivity index (χ2v) is 7.97. The Morgan fingerprint density at radius 2 is 1.74 bits per heavy atom. The Bertz CT molecular complexity index is 812. The molecule has 0 radical (unpaired) electrons. The smallest absolute Gasteiger partial charge is 0.347 e. The van der Waals surface area contributed by atoms with Gasteiger partial charge in [-0.1, -0.05) is 32.9 Å². The molecule has 3 amide bonds. The summed E-state index contributed by atoms with van der Waals surface area (Å²) < 4.78 is 0. The number of aliphatic carboxylic acids is 1. The molecule has 8 heteroatoms. The number of carboxylic acids is 1. The molecule has 0 bridgehead atoms. The Kier molecular flexibility index (Phi) is 4.45. The molecule has 2 aliphatic rings.